The van der Waals surface area contributed by atoms with Crippen molar-refractivity contribution in [2.75, 3.05) is 12.8 Å². The molecule has 0 aromatic heterocycles. The summed E-state index contributed by atoms with van der Waals surface area (Å²) in [5.41, 5.74) is 1.82. The molecule has 0 heterocycles. The highest BCUT2D eigenvalue weighted by Crippen LogP contribution is 2.27. The minimum atomic E-state index is -1.01. The Kier molecular flexibility index (Phi) is 5.67. The summed E-state index contributed by atoms with van der Waals surface area (Å²) in [6.07, 6.45) is 2.00. The lowest BCUT2D eigenvalue weighted by Gasteiger charge is -2.22. The minimum absolute atomic E-state index is 0.0659. The average molecular weight is 343 g/mol. The number of carboxylic acids is 1. The fraction of sp³-hybridized carbons (Fsp3) is 0.263. The standard InChI is InChI=1S/C19H21NO3S/c1-19(2,24-3)12-20-17(21)15-10-6-4-8-13(15)14-9-5-7-11-16(14)18(22)23/h4-11H,12H2,1-3H3,(H,20,21)(H,22,23). The second kappa shape index (κ2) is 7.53. The van der Waals surface area contributed by atoms with Crippen molar-refractivity contribution in [2.24, 2.45) is 0 Å². The van der Waals surface area contributed by atoms with Crippen LogP contribution in [0, 0.1) is 0 Å². The molecule has 126 valence electrons. The molecule has 0 saturated heterocycles. The molecular formula is C19H21NO3S. The van der Waals surface area contributed by atoms with Crippen molar-refractivity contribution in [1.82, 2.24) is 5.32 Å². The van der Waals surface area contributed by atoms with Gasteiger partial charge in [0, 0.05) is 16.9 Å². The quantitative estimate of drug-likeness (QED) is 0.834. The van der Waals surface area contributed by atoms with E-state index in [1.54, 1.807) is 60.3 Å². The van der Waals surface area contributed by atoms with E-state index in [4.69, 9.17) is 0 Å². The van der Waals surface area contributed by atoms with Crippen molar-refractivity contribution in [3.8, 4) is 11.1 Å². The van der Waals surface area contributed by atoms with Crippen molar-refractivity contribution in [2.45, 2.75) is 18.6 Å². The summed E-state index contributed by atoms with van der Waals surface area (Å²) in [6.45, 7) is 4.65. The third-order valence-corrected chi connectivity index (χ3v) is 5.10. The Morgan fingerprint density at radius 3 is 2.04 bits per heavy atom. The Bertz CT molecular complexity index is 756. The van der Waals surface area contributed by atoms with E-state index in [1.165, 1.54) is 0 Å². The molecule has 2 rings (SSSR count). The first kappa shape index (κ1) is 18.1. The first-order valence-corrected chi connectivity index (χ1v) is 8.83. The van der Waals surface area contributed by atoms with Crippen LogP contribution in [0.25, 0.3) is 11.1 Å². The maximum absolute atomic E-state index is 12.6. The number of hydrogen-bond donors (Lipinski definition) is 2. The third kappa shape index (κ3) is 4.17. The van der Waals surface area contributed by atoms with Gasteiger partial charge in [-0.25, -0.2) is 4.79 Å². The van der Waals surface area contributed by atoms with Crippen LogP contribution in [0.2, 0.25) is 0 Å². The summed E-state index contributed by atoms with van der Waals surface area (Å²) in [5, 5.41) is 12.3. The van der Waals surface area contributed by atoms with Crippen LogP contribution in [0.15, 0.2) is 48.5 Å². The lowest BCUT2D eigenvalue weighted by atomic mass is 9.95. The van der Waals surface area contributed by atoms with Gasteiger partial charge in [-0.2, -0.15) is 11.8 Å². The van der Waals surface area contributed by atoms with Gasteiger partial charge in [0.15, 0.2) is 0 Å². The molecule has 0 spiro atoms. The van der Waals surface area contributed by atoms with Gasteiger partial charge in [0.25, 0.3) is 5.91 Å². The Morgan fingerprint density at radius 1 is 1.00 bits per heavy atom. The van der Waals surface area contributed by atoms with E-state index in [-0.39, 0.29) is 16.2 Å². The summed E-state index contributed by atoms with van der Waals surface area (Å²) in [6, 6.07) is 13.8. The molecule has 2 aromatic rings. The van der Waals surface area contributed by atoms with Crippen LogP contribution in [0.4, 0.5) is 0 Å². The highest BCUT2D eigenvalue weighted by atomic mass is 32.2. The number of amides is 1. The SMILES string of the molecule is CSC(C)(C)CNC(=O)c1ccccc1-c1ccccc1C(=O)O. The zero-order chi connectivity index (χ0) is 17.7. The largest absolute Gasteiger partial charge is 0.478 e. The topological polar surface area (TPSA) is 66.4 Å². The fourth-order valence-corrected chi connectivity index (χ4v) is 2.50. The molecule has 0 radical (unpaired) electrons. The molecule has 2 aromatic carbocycles. The summed E-state index contributed by atoms with van der Waals surface area (Å²) in [7, 11) is 0. The van der Waals surface area contributed by atoms with Crippen LogP contribution >= 0.6 is 11.8 Å². The van der Waals surface area contributed by atoms with Gasteiger partial charge < -0.3 is 10.4 Å². The highest BCUT2D eigenvalue weighted by Gasteiger charge is 2.20. The van der Waals surface area contributed by atoms with Gasteiger partial charge in [-0.15, -0.1) is 0 Å². The second-order valence-electron chi connectivity index (χ2n) is 6.04. The number of thioether (sulfide) groups is 1. The van der Waals surface area contributed by atoms with E-state index in [1.807, 2.05) is 6.26 Å². The van der Waals surface area contributed by atoms with Crippen molar-refractivity contribution < 1.29 is 14.7 Å². The van der Waals surface area contributed by atoms with E-state index in [0.29, 0.717) is 23.2 Å². The van der Waals surface area contributed by atoms with Crippen LogP contribution < -0.4 is 5.32 Å². The molecule has 4 nitrogen and oxygen atoms in total. The van der Waals surface area contributed by atoms with Crippen molar-refractivity contribution in [1.29, 1.82) is 0 Å². The number of rotatable bonds is 6. The molecule has 24 heavy (non-hydrogen) atoms. The van der Waals surface area contributed by atoms with E-state index < -0.39 is 5.97 Å². The van der Waals surface area contributed by atoms with Crippen LogP contribution in [0.3, 0.4) is 0 Å². The molecule has 0 bridgehead atoms. The summed E-state index contributed by atoms with van der Waals surface area (Å²) in [4.78, 5) is 24.1. The molecule has 0 aliphatic carbocycles. The van der Waals surface area contributed by atoms with Gasteiger partial charge in [-0.05, 0) is 43.4 Å². The highest BCUT2D eigenvalue weighted by molar-refractivity contribution is 7.99. The van der Waals surface area contributed by atoms with Crippen LogP contribution in [0.1, 0.15) is 34.6 Å². The summed E-state index contributed by atoms with van der Waals surface area (Å²) < 4.78 is -0.0659. The first-order valence-electron chi connectivity index (χ1n) is 7.61. The van der Waals surface area contributed by atoms with Crippen LogP contribution in [-0.2, 0) is 0 Å². The maximum atomic E-state index is 12.6. The molecular weight excluding hydrogens is 322 g/mol. The number of carbonyl (C=O) groups excluding carboxylic acids is 1. The number of hydrogen-bond acceptors (Lipinski definition) is 3. The predicted molar refractivity (Wildman–Crippen MR) is 98.8 cm³/mol. The second-order valence-corrected chi connectivity index (χ2v) is 7.56. The molecule has 0 unspecified atom stereocenters. The monoisotopic (exact) mass is 343 g/mol. The Hall–Kier alpha value is -2.27. The summed E-state index contributed by atoms with van der Waals surface area (Å²) >= 11 is 1.68. The van der Waals surface area contributed by atoms with Gasteiger partial charge in [0.2, 0.25) is 0 Å². The smallest absolute Gasteiger partial charge is 0.336 e. The molecule has 5 heteroatoms. The van der Waals surface area contributed by atoms with Crippen LogP contribution in [0.5, 0.6) is 0 Å². The number of carbonyl (C=O) groups is 2. The number of carboxylic acid groups (broad SMARTS) is 1. The van der Waals surface area contributed by atoms with Gasteiger partial charge in [-0.1, -0.05) is 36.4 Å². The van der Waals surface area contributed by atoms with E-state index in [9.17, 15) is 14.7 Å². The van der Waals surface area contributed by atoms with E-state index in [0.717, 1.165) is 0 Å². The van der Waals surface area contributed by atoms with Gasteiger partial charge in [0.1, 0.15) is 0 Å². The van der Waals surface area contributed by atoms with Gasteiger partial charge in [0.05, 0.1) is 5.56 Å². The molecule has 1 amide bonds. The Morgan fingerprint density at radius 2 is 1.50 bits per heavy atom. The molecule has 2 N–H and O–H groups in total. The third-order valence-electron chi connectivity index (χ3n) is 3.85. The van der Waals surface area contributed by atoms with E-state index >= 15 is 0 Å². The molecule has 0 atom stereocenters. The number of aromatic carboxylic acids is 1. The van der Waals surface area contributed by atoms with Crippen LogP contribution in [-0.4, -0.2) is 34.5 Å². The average Bonchev–Trinajstić information content (AvgIpc) is 2.59. The number of nitrogens with one attached hydrogen (secondary N) is 1. The number of benzene rings is 2. The lowest BCUT2D eigenvalue weighted by molar-refractivity contribution is 0.0697. The van der Waals surface area contributed by atoms with Gasteiger partial charge in [-0.3, -0.25) is 4.79 Å². The predicted octanol–water partition coefficient (Wildman–Crippen LogP) is 3.92. The Balaban J connectivity index is 2.38. The van der Waals surface area contributed by atoms with Crippen molar-refractivity contribution in [3.63, 3.8) is 0 Å². The molecule has 0 aliphatic heterocycles. The maximum Gasteiger partial charge on any atom is 0.336 e. The zero-order valence-electron chi connectivity index (χ0n) is 14.0. The Labute approximate surface area is 146 Å². The molecule has 0 fully saturated rings. The normalized spacial score (nSPS) is 11.1. The molecule has 0 saturated carbocycles. The zero-order valence-corrected chi connectivity index (χ0v) is 14.8. The van der Waals surface area contributed by atoms with Gasteiger partial charge >= 0.3 is 5.97 Å². The first-order chi connectivity index (χ1) is 11.4. The minimum Gasteiger partial charge on any atom is -0.478 e. The molecule has 0 aliphatic rings. The fourth-order valence-electron chi connectivity index (χ4n) is 2.28. The summed E-state index contributed by atoms with van der Waals surface area (Å²) in [5.74, 6) is -1.21. The van der Waals surface area contributed by atoms with Crippen molar-refractivity contribution >= 4 is 23.6 Å². The lowest BCUT2D eigenvalue weighted by Crippen LogP contribution is -2.36. The van der Waals surface area contributed by atoms with E-state index in [2.05, 4.69) is 19.2 Å². The van der Waals surface area contributed by atoms with Crippen molar-refractivity contribution in [3.05, 3.63) is 59.7 Å².